The van der Waals surface area contributed by atoms with Crippen LogP contribution in [0.25, 0.3) is 0 Å². The molecule has 2 amide bonds. The molecule has 0 aliphatic carbocycles. The summed E-state index contributed by atoms with van der Waals surface area (Å²) in [4.78, 5) is 38.7. The Morgan fingerprint density at radius 2 is 1.52 bits per heavy atom. The van der Waals surface area contributed by atoms with Gasteiger partial charge in [0.2, 0.25) is 0 Å². The Kier molecular flexibility index (Phi) is 12.9. The maximum Gasteiger partial charge on any atom is 0.414 e. The number of hydrogen-bond acceptors (Lipinski definition) is 7. The van der Waals surface area contributed by atoms with E-state index < -0.39 is 29.4 Å². The van der Waals surface area contributed by atoms with Crippen molar-refractivity contribution in [3.8, 4) is 5.75 Å². The molecular formula is C31H44N2O7. The number of unbranched alkanes of at least 4 members (excludes halogenated alkanes) is 2. The average molecular weight is 557 g/mol. The molecule has 0 unspecified atom stereocenters. The van der Waals surface area contributed by atoms with Gasteiger partial charge in [-0.25, -0.2) is 9.59 Å². The summed E-state index contributed by atoms with van der Waals surface area (Å²) in [5.41, 5.74) is 0.415. The summed E-state index contributed by atoms with van der Waals surface area (Å²) in [6, 6.07) is 16.8. The second-order valence-corrected chi connectivity index (χ2v) is 11.4. The van der Waals surface area contributed by atoms with E-state index in [9.17, 15) is 14.4 Å². The van der Waals surface area contributed by atoms with Crippen LogP contribution in [0.2, 0.25) is 0 Å². The van der Waals surface area contributed by atoms with E-state index in [4.69, 9.17) is 18.9 Å². The lowest BCUT2D eigenvalue weighted by molar-refractivity contribution is -0.134. The minimum atomic E-state index is -0.661. The Hall–Kier alpha value is -3.59. The second-order valence-electron chi connectivity index (χ2n) is 11.4. The molecule has 220 valence electrons. The van der Waals surface area contributed by atoms with Crippen molar-refractivity contribution in [1.29, 1.82) is 0 Å². The first-order chi connectivity index (χ1) is 18.8. The Morgan fingerprint density at radius 3 is 2.20 bits per heavy atom. The molecule has 1 N–H and O–H groups in total. The quantitative estimate of drug-likeness (QED) is 0.168. The molecule has 0 fully saturated rings. The van der Waals surface area contributed by atoms with Crippen LogP contribution in [0.1, 0.15) is 72.8 Å². The summed E-state index contributed by atoms with van der Waals surface area (Å²) in [7, 11) is 0. The van der Waals surface area contributed by atoms with E-state index in [1.54, 1.807) is 49.9 Å². The maximum absolute atomic E-state index is 13.0. The molecule has 0 heterocycles. The van der Waals surface area contributed by atoms with E-state index >= 15 is 0 Å². The van der Waals surface area contributed by atoms with Crippen LogP contribution in [-0.2, 0) is 25.6 Å². The predicted molar refractivity (Wildman–Crippen MR) is 154 cm³/mol. The number of rotatable bonds is 13. The van der Waals surface area contributed by atoms with Crippen LogP contribution < -0.4 is 15.0 Å². The van der Waals surface area contributed by atoms with Crippen molar-refractivity contribution in [2.24, 2.45) is 0 Å². The lowest BCUT2D eigenvalue weighted by Crippen LogP contribution is -2.37. The molecule has 0 saturated carbocycles. The highest BCUT2D eigenvalue weighted by Gasteiger charge is 2.24. The summed E-state index contributed by atoms with van der Waals surface area (Å²) < 4.78 is 22.0. The van der Waals surface area contributed by atoms with E-state index in [0.717, 1.165) is 24.8 Å². The van der Waals surface area contributed by atoms with Gasteiger partial charge in [-0.05, 0) is 78.5 Å². The number of carbonyl (C=O) groups is 3. The van der Waals surface area contributed by atoms with Gasteiger partial charge < -0.3 is 24.3 Å². The van der Waals surface area contributed by atoms with Gasteiger partial charge in [0.1, 0.15) is 17.0 Å². The smallest absolute Gasteiger partial charge is 0.414 e. The molecule has 9 heteroatoms. The number of ether oxygens (including phenoxy) is 4. The van der Waals surface area contributed by atoms with E-state index in [1.807, 2.05) is 51.1 Å². The fourth-order valence-electron chi connectivity index (χ4n) is 3.54. The van der Waals surface area contributed by atoms with Crippen molar-refractivity contribution >= 4 is 23.8 Å². The van der Waals surface area contributed by atoms with Gasteiger partial charge in [-0.15, -0.1) is 0 Å². The molecule has 0 bridgehead atoms. The van der Waals surface area contributed by atoms with Gasteiger partial charge in [0.25, 0.3) is 0 Å². The number of alkyl carbamates (subject to hydrolysis) is 1. The van der Waals surface area contributed by atoms with Gasteiger partial charge in [-0.2, -0.15) is 0 Å². The highest BCUT2D eigenvalue weighted by molar-refractivity contribution is 5.88. The third-order valence-electron chi connectivity index (χ3n) is 5.25. The van der Waals surface area contributed by atoms with Crippen LogP contribution in [0.4, 0.5) is 15.3 Å². The normalized spacial score (nSPS) is 11.4. The van der Waals surface area contributed by atoms with Crippen molar-refractivity contribution in [1.82, 2.24) is 5.32 Å². The number of anilines is 1. The standard InChI is InChI=1S/C31H44N2O7/c1-30(2,3)39-28(35)32-19-18-27(34)38-26-17-13-16-25(22-26)33(29(36)40-31(4,5)6)20-11-8-12-21-37-23-24-14-9-7-10-15-24/h7,9-10,13-17,22H,8,11-12,18-21,23H2,1-6H3,(H,32,35). The molecule has 2 aromatic carbocycles. The maximum atomic E-state index is 13.0. The molecule has 0 spiro atoms. The fraction of sp³-hybridized carbons (Fsp3) is 0.516. The first kappa shape index (κ1) is 32.6. The zero-order chi connectivity index (χ0) is 29.6. The largest absolute Gasteiger partial charge is 0.444 e. The lowest BCUT2D eigenvalue weighted by Gasteiger charge is -2.27. The summed E-state index contributed by atoms with van der Waals surface area (Å²) >= 11 is 0. The van der Waals surface area contributed by atoms with Gasteiger partial charge in [0, 0.05) is 25.8 Å². The van der Waals surface area contributed by atoms with Crippen molar-refractivity contribution in [3.63, 3.8) is 0 Å². The van der Waals surface area contributed by atoms with Crippen LogP contribution in [0.15, 0.2) is 54.6 Å². The van der Waals surface area contributed by atoms with Gasteiger partial charge in [-0.3, -0.25) is 9.69 Å². The Bertz CT molecular complexity index is 1080. The SMILES string of the molecule is CC(C)(C)OC(=O)NCCC(=O)Oc1cccc(N(CCCCCOCc2ccccc2)C(=O)OC(C)(C)C)c1. The van der Waals surface area contributed by atoms with E-state index in [1.165, 1.54) is 0 Å². The van der Waals surface area contributed by atoms with Gasteiger partial charge in [0.05, 0.1) is 18.7 Å². The average Bonchev–Trinajstić information content (AvgIpc) is 2.84. The summed E-state index contributed by atoms with van der Waals surface area (Å²) in [5, 5.41) is 2.53. The Morgan fingerprint density at radius 1 is 0.825 bits per heavy atom. The third-order valence-corrected chi connectivity index (χ3v) is 5.25. The number of benzene rings is 2. The highest BCUT2D eigenvalue weighted by Crippen LogP contribution is 2.24. The van der Waals surface area contributed by atoms with Crippen LogP contribution in [0.5, 0.6) is 5.75 Å². The van der Waals surface area contributed by atoms with Crippen LogP contribution >= 0.6 is 0 Å². The first-order valence-corrected chi connectivity index (χ1v) is 13.7. The van der Waals surface area contributed by atoms with Crippen LogP contribution in [0, 0.1) is 0 Å². The monoisotopic (exact) mass is 556 g/mol. The third kappa shape index (κ3) is 14.0. The summed E-state index contributed by atoms with van der Waals surface area (Å²) in [6.45, 7) is 12.5. The molecule has 0 aliphatic heterocycles. The molecule has 0 saturated heterocycles. The van der Waals surface area contributed by atoms with Crippen molar-refractivity contribution < 1.29 is 33.3 Å². The molecule has 0 radical (unpaired) electrons. The highest BCUT2D eigenvalue weighted by atomic mass is 16.6. The van der Waals surface area contributed by atoms with Crippen molar-refractivity contribution in [3.05, 3.63) is 60.2 Å². The fourth-order valence-corrected chi connectivity index (χ4v) is 3.54. The number of nitrogens with one attached hydrogen (secondary N) is 1. The van der Waals surface area contributed by atoms with E-state index in [2.05, 4.69) is 5.32 Å². The topological polar surface area (TPSA) is 103 Å². The molecule has 0 aromatic heterocycles. The van der Waals surface area contributed by atoms with Gasteiger partial charge in [0.15, 0.2) is 0 Å². The van der Waals surface area contributed by atoms with E-state index in [-0.39, 0.29) is 13.0 Å². The van der Waals surface area contributed by atoms with Crippen LogP contribution in [0.3, 0.4) is 0 Å². The summed E-state index contributed by atoms with van der Waals surface area (Å²) in [6.07, 6.45) is 1.37. The Balaban J connectivity index is 1.89. The lowest BCUT2D eigenvalue weighted by atomic mass is 10.2. The number of esters is 1. The molecule has 2 aromatic rings. The minimum Gasteiger partial charge on any atom is -0.444 e. The van der Waals surface area contributed by atoms with Crippen LogP contribution in [-0.4, -0.2) is 49.1 Å². The van der Waals surface area contributed by atoms with Crippen molar-refractivity contribution in [2.45, 2.75) is 85.0 Å². The predicted octanol–water partition coefficient (Wildman–Crippen LogP) is 6.64. The zero-order valence-corrected chi connectivity index (χ0v) is 24.7. The van der Waals surface area contributed by atoms with Crippen molar-refractivity contribution in [2.75, 3.05) is 24.6 Å². The molecule has 40 heavy (non-hydrogen) atoms. The Labute approximate surface area is 238 Å². The second kappa shape index (κ2) is 15.9. The number of hydrogen-bond donors (Lipinski definition) is 1. The molecule has 2 rings (SSSR count). The zero-order valence-electron chi connectivity index (χ0n) is 24.7. The molecule has 9 nitrogen and oxygen atoms in total. The molecular weight excluding hydrogens is 512 g/mol. The number of nitrogens with zero attached hydrogens (tertiary/aromatic N) is 1. The molecule has 0 aliphatic rings. The van der Waals surface area contributed by atoms with E-state index in [0.29, 0.717) is 31.2 Å². The number of carbonyl (C=O) groups excluding carboxylic acids is 3. The summed E-state index contributed by atoms with van der Waals surface area (Å²) in [5.74, 6) is -0.227. The minimum absolute atomic E-state index is 0.0361. The number of amides is 2. The molecule has 0 atom stereocenters. The van der Waals surface area contributed by atoms with Gasteiger partial charge in [-0.1, -0.05) is 36.4 Å². The first-order valence-electron chi connectivity index (χ1n) is 13.7. The van der Waals surface area contributed by atoms with Gasteiger partial charge >= 0.3 is 18.2 Å².